The number of anilines is 1. The highest BCUT2D eigenvalue weighted by Crippen LogP contribution is 2.21. The summed E-state index contributed by atoms with van der Waals surface area (Å²) in [6, 6.07) is 3.97. The SMILES string of the molecule is Cc1nn(C)c(N(C)C)c1CNCc1cccnc1-n1cncn1.Cl. The number of pyridine rings is 1. The molecule has 0 unspecified atom stereocenters. The Bertz CT molecular complexity index is 810. The van der Waals surface area contributed by atoms with Gasteiger partial charge in [-0.15, -0.1) is 12.4 Å². The number of aromatic nitrogens is 6. The number of aryl methyl sites for hydroxylation is 2. The van der Waals surface area contributed by atoms with Gasteiger partial charge in [0.2, 0.25) is 0 Å². The van der Waals surface area contributed by atoms with Gasteiger partial charge in [-0.2, -0.15) is 10.2 Å². The zero-order valence-corrected chi connectivity index (χ0v) is 15.7. The third-order valence-electron chi connectivity index (χ3n) is 3.86. The van der Waals surface area contributed by atoms with Crippen molar-refractivity contribution in [1.29, 1.82) is 0 Å². The van der Waals surface area contributed by atoms with Crippen molar-refractivity contribution >= 4 is 18.2 Å². The number of hydrogen-bond donors (Lipinski definition) is 1. The lowest BCUT2D eigenvalue weighted by Crippen LogP contribution is -2.19. The first-order valence-electron chi connectivity index (χ1n) is 7.77. The Morgan fingerprint density at radius 1 is 1.24 bits per heavy atom. The molecular formula is C16H23ClN8. The monoisotopic (exact) mass is 362 g/mol. The average molecular weight is 363 g/mol. The first-order chi connectivity index (χ1) is 11.6. The van der Waals surface area contributed by atoms with Gasteiger partial charge in [-0.25, -0.2) is 14.6 Å². The van der Waals surface area contributed by atoms with Crippen molar-refractivity contribution in [3.05, 3.63) is 47.8 Å². The summed E-state index contributed by atoms with van der Waals surface area (Å²) in [5.74, 6) is 1.90. The van der Waals surface area contributed by atoms with E-state index in [1.165, 1.54) is 11.9 Å². The Labute approximate surface area is 153 Å². The molecule has 0 spiro atoms. The molecule has 1 N–H and O–H groups in total. The van der Waals surface area contributed by atoms with Crippen LogP contribution >= 0.6 is 12.4 Å². The van der Waals surface area contributed by atoms with Crippen LogP contribution in [0.1, 0.15) is 16.8 Å². The van der Waals surface area contributed by atoms with Crippen LogP contribution in [-0.4, -0.2) is 43.6 Å². The van der Waals surface area contributed by atoms with E-state index in [9.17, 15) is 0 Å². The molecule has 0 radical (unpaired) electrons. The molecule has 0 saturated heterocycles. The van der Waals surface area contributed by atoms with Gasteiger partial charge >= 0.3 is 0 Å². The van der Waals surface area contributed by atoms with Crippen LogP contribution < -0.4 is 10.2 Å². The summed E-state index contributed by atoms with van der Waals surface area (Å²) in [6.45, 7) is 3.46. The maximum atomic E-state index is 4.52. The fourth-order valence-electron chi connectivity index (χ4n) is 2.87. The Hall–Kier alpha value is -2.45. The molecule has 3 aromatic heterocycles. The molecule has 0 bridgehead atoms. The number of hydrogen-bond acceptors (Lipinski definition) is 6. The molecule has 0 fully saturated rings. The summed E-state index contributed by atoms with van der Waals surface area (Å²) < 4.78 is 3.59. The second kappa shape index (κ2) is 8.09. The van der Waals surface area contributed by atoms with Crippen molar-refractivity contribution in [2.75, 3.05) is 19.0 Å². The minimum atomic E-state index is 0. The molecule has 3 rings (SSSR count). The van der Waals surface area contributed by atoms with E-state index in [1.807, 2.05) is 44.9 Å². The summed E-state index contributed by atoms with van der Waals surface area (Å²) >= 11 is 0. The van der Waals surface area contributed by atoms with Crippen LogP contribution in [0.5, 0.6) is 0 Å². The van der Waals surface area contributed by atoms with E-state index in [0.717, 1.165) is 29.4 Å². The van der Waals surface area contributed by atoms with Gasteiger partial charge in [0.1, 0.15) is 18.5 Å². The highest BCUT2D eigenvalue weighted by Gasteiger charge is 2.15. The van der Waals surface area contributed by atoms with Gasteiger partial charge in [0.05, 0.1) is 5.69 Å². The fraction of sp³-hybridized carbons (Fsp3) is 0.375. The first-order valence-corrected chi connectivity index (χ1v) is 7.77. The van der Waals surface area contributed by atoms with Gasteiger partial charge in [-0.1, -0.05) is 6.07 Å². The van der Waals surface area contributed by atoms with Crippen LogP contribution in [-0.2, 0) is 20.1 Å². The molecular weight excluding hydrogens is 340 g/mol. The van der Waals surface area contributed by atoms with Crippen LogP contribution in [0.25, 0.3) is 5.82 Å². The van der Waals surface area contributed by atoms with E-state index in [4.69, 9.17) is 0 Å². The molecule has 0 aliphatic heterocycles. The highest BCUT2D eigenvalue weighted by atomic mass is 35.5. The van der Waals surface area contributed by atoms with Gasteiger partial charge in [0.25, 0.3) is 0 Å². The van der Waals surface area contributed by atoms with Crippen molar-refractivity contribution in [3.8, 4) is 5.82 Å². The van der Waals surface area contributed by atoms with E-state index in [-0.39, 0.29) is 12.4 Å². The lowest BCUT2D eigenvalue weighted by atomic mass is 10.2. The molecule has 9 heteroatoms. The minimum Gasteiger partial charge on any atom is -0.363 e. The highest BCUT2D eigenvalue weighted by molar-refractivity contribution is 5.85. The van der Waals surface area contributed by atoms with E-state index in [2.05, 4.69) is 30.4 Å². The number of halogens is 1. The van der Waals surface area contributed by atoms with Crippen molar-refractivity contribution in [2.24, 2.45) is 7.05 Å². The second-order valence-electron chi connectivity index (χ2n) is 5.84. The standard InChI is InChI=1S/C16H22N8.ClH/c1-12-14(16(22(2)3)23(4)21-12)9-17-8-13-6-5-7-19-15(13)24-11-18-10-20-24;/h5-7,10-11,17H,8-9H2,1-4H3;1H. The third-order valence-corrected chi connectivity index (χ3v) is 3.86. The minimum absolute atomic E-state index is 0. The van der Waals surface area contributed by atoms with Crippen LogP contribution in [0.3, 0.4) is 0 Å². The van der Waals surface area contributed by atoms with E-state index in [1.54, 1.807) is 17.2 Å². The Morgan fingerprint density at radius 2 is 2.04 bits per heavy atom. The second-order valence-corrected chi connectivity index (χ2v) is 5.84. The molecule has 0 amide bonds. The van der Waals surface area contributed by atoms with E-state index in [0.29, 0.717) is 6.54 Å². The number of rotatable bonds is 6. The van der Waals surface area contributed by atoms with Crippen LogP contribution in [0.4, 0.5) is 5.82 Å². The normalized spacial score (nSPS) is 10.6. The molecule has 134 valence electrons. The topological polar surface area (TPSA) is 76.7 Å². The average Bonchev–Trinajstić information content (AvgIpc) is 3.16. The molecule has 0 atom stereocenters. The van der Waals surface area contributed by atoms with Crippen LogP contribution in [0.15, 0.2) is 31.0 Å². The molecule has 0 saturated carbocycles. The zero-order chi connectivity index (χ0) is 17.1. The molecule has 3 heterocycles. The summed E-state index contributed by atoms with van der Waals surface area (Å²) in [5.41, 5.74) is 3.31. The number of nitrogens with zero attached hydrogens (tertiary/aromatic N) is 7. The van der Waals surface area contributed by atoms with Gasteiger partial charge in [-0.05, 0) is 13.0 Å². The van der Waals surface area contributed by atoms with E-state index >= 15 is 0 Å². The number of nitrogens with one attached hydrogen (secondary N) is 1. The third kappa shape index (κ3) is 3.97. The zero-order valence-electron chi connectivity index (χ0n) is 14.8. The van der Waals surface area contributed by atoms with Crippen molar-refractivity contribution in [2.45, 2.75) is 20.0 Å². The molecule has 25 heavy (non-hydrogen) atoms. The van der Waals surface area contributed by atoms with Gasteiger partial charge in [0.15, 0.2) is 5.82 Å². The maximum absolute atomic E-state index is 4.52. The predicted molar refractivity (Wildman–Crippen MR) is 99.2 cm³/mol. The maximum Gasteiger partial charge on any atom is 0.159 e. The van der Waals surface area contributed by atoms with Crippen molar-refractivity contribution in [3.63, 3.8) is 0 Å². The Kier molecular flexibility index (Phi) is 6.11. The Balaban J connectivity index is 0.00000225. The summed E-state index contributed by atoms with van der Waals surface area (Å²) in [7, 11) is 6.03. The molecule has 0 aromatic carbocycles. The van der Waals surface area contributed by atoms with E-state index < -0.39 is 0 Å². The molecule has 8 nitrogen and oxygen atoms in total. The molecule has 0 aliphatic rings. The van der Waals surface area contributed by atoms with Crippen molar-refractivity contribution in [1.82, 2.24) is 34.8 Å². The fourth-order valence-corrected chi connectivity index (χ4v) is 2.87. The molecule has 0 aliphatic carbocycles. The quantitative estimate of drug-likeness (QED) is 0.715. The van der Waals surface area contributed by atoms with Gasteiger partial charge < -0.3 is 10.2 Å². The smallest absolute Gasteiger partial charge is 0.159 e. The van der Waals surface area contributed by atoms with Crippen LogP contribution in [0.2, 0.25) is 0 Å². The van der Waals surface area contributed by atoms with Crippen LogP contribution in [0, 0.1) is 6.92 Å². The first kappa shape index (κ1) is 18.9. The lowest BCUT2D eigenvalue weighted by Gasteiger charge is -2.16. The largest absolute Gasteiger partial charge is 0.363 e. The lowest BCUT2D eigenvalue weighted by molar-refractivity contribution is 0.677. The van der Waals surface area contributed by atoms with Crippen molar-refractivity contribution < 1.29 is 0 Å². The summed E-state index contributed by atoms with van der Waals surface area (Å²) in [5, 5.41) is 12.2. The summed E-state index contributed by atoms with van der Waals surface area (Å²) in [4.78, 5) is 10.5. The molecule has 3 aromatic rings. The Morgan fingerprint density at radius 3 is 2.72 bits per heavy atom. The predicted octanol–water partition coefficient (Wildman–Crippen LogP) is 1.48. The van der Waals surface area contributed by atoms with Gasteiger partial charge in [-0.3, -0.25) is 4.68 Å². The summed E-state index contributed by atoms with van der Waals surface area (Å²) in [6.07, 6.45) is 4.92. The van der Waals surface area contributed by atoms with Gasteiger partial charge in [0, 0.05) is 51.6 Å².